The normalized spacial score (nSPS) is 13.3. The maximum absolute atomic E-state index is 12.4. The molecule has 114 valence electrons. The molecule has 0 fully saturated rings. The van der Waals surface area contributed by atoms with E-state index in [9.17, 15) is 14.7 Å². The van der Waals surface area contributed by atoms with Gasteiger partial charge in [0.15, 0.2) is 5.78 Å². The lowest BCUT2D eigenvalue weighted by molar-refractivity contribution is -0.304. The molecule has 0 spiro atoms. The van der Waals surface area contributed by atoms with E-state index in [1.54, 1.807) is 19.1 Å². The van der Waals surface area contributed by atoms with Crippen LogP contribution in [-0.2, 0) is 4.79 Å². The summed E-state index contributed by atoms with van der Waals surface area (Å²) in [6.45, 7) is 1.59. The van der Waals surface area contributed by atoms with Gasteiger partial charge in [-0.15, -0.1) is 11.8 Å². The molecule has 0 radical (unpaired) electrons. The number of carboxylic acid groups (broad SMARTS) is 1. The fourth-order valence-electron chi connectivity index (χ4n) is 2.12. The minimum atomic E-state index is -1.11. The van der Waals surface area contributed by atoms with E-state index in [1.807, 2.05) is 48.5 Å². The molecule has 0 aliphatic rings. The molecule has 2 aromatic carbocycles. The third-order valence-corrected chi connectivity index (χ3v) is 4.71. The number of aliphatic carboxylic acids is 1. The van der Waals surface area contributed by atoms with Crippen molar-refractivity contribution in [1.29, 1.82) is 0 Å². The number of hydrogen-bond acceptors (Lipinski definition) is 4. The lowest BCUT2D eigenvalue weighted by atomic mass is 10.0. The number of carbonyl (C=O) groups excluding carboxylic acids is 2. The predicted octanol–water partition coefficient (Wildman–Crippen LogP) is 2.87. The molecule has 0 bridgehead atoms. The van der Waals surface area contributed by atoms with E-state index in [1.165, 1.54) is 11.8 Å². The monoisotopic (exact) mass is 313 g/mol. The van der Waals surface area contributed by atoms with E-state index < -0.39 is 11.2 Å². The number of carbonyl (C=O) groups is 2. The van der Waals surface area contributed by atoms with Crippen LogP contribution in [0.25, 0.3) is 0 Å². The number of Topliss-reactive ketones (excluding diaryl/α,β-unsaturated/α-hetero) is 1. The third-order valence-electron chi connectivity index (χ3n) is 3.34. The van der Waals surface area contributed by atoms with Crippen molar-refractivity contribution in [3.05, 3.63) is 71.8 Å². The lowest BCUT2D eigenvalue weighted by Gasteiger charge is -2.21. The van der Waals surface area contributed by atoms with Crippen LogP contribution in [0, 0.1) is 0 Å². The van der Waals surface area contributed by atoms with Crippen LogP contribution in [0.1, 0.15) is 34.5 Å². The smallest absolute Gasteiger partial charge is 0.164 e. The van der Waals surface area contributed by atoms with Gasteiger partial charge >= 0.3 is 0 Å². The van der Waals surface area contributed by atoms with Crippen LogP contribution < -0.4 is 5.11 Å². The Balaban J connectivity index is 2.18. The molecule has 0 aliphatic heterocycles. The molecule has 0 amide bonds. The Hall–Kier alpha value is -2.07. The Labute approximate surface area is 134 Å². The Morgan fingerprint density at radius 1 is 1.00 bits per heavy atom. The van der Waals surface area contributed by atoms with Crippen molar-refractivity contribution >= 4 is 23.5 Å². The highest BCUT2D eigenvalue weighted by Crippen LogP contribution is 2.36. The van der Waals surface area contributed by atoms with Crippen molar-refractivity contribution in [3.8, 4) is 0 Å². The molecular formula is C18H17O3S-. The number of benzene rings is 2. The highest BCUT2D eigenvalue weighted by Gasteiger charge is 2.20. The number of rotatable bonds is 7. The SMILES string of the molecule is C[C@H](S[C@H](CC(=O)c1ccccc1)c1ccccc1)C(=O)[O-]. The summed E-state index contributed by atoms with van der Waals surface area (Å²) < 4.78 is 0. The Morgan fingerprint density at radius 3 is 2.09 bits per heavy atom. The molecule has 4 heteroatoms. The molecule has 2 rings (SSSR count). The van der Waals surface area contributed by atoms with E-state index in [0.717, 1.165) is 5.56 Å². The average Bonchev–Trinajstić information content (AvgIpc) is 2.55. The van der Waals surface area contributed by atoms with Crippen molar-refractivity contribution in [2.75, 3.05) is 0 Å². The molecule has 0 N–H and O–H groups in total. The van der Waals surface area contributed by atoms with E-state index in [0.29, 0.717) is 5.56 Å². The summed E-state index contributed by atoms with van der Waals surface area (Å²) in [6, 6.07) is 18.6. The zero-order valence-electron chi connectivity index (χ0n) is 12.3. The standard InChI is InChI=1S/C18H18O3S/c1-13(18(20)21)22-17(15-10-6-3-7-11-15)12-16(19)14-8-4-2-5-9-14/h2-11,13,17H,12H2,1H3,(H,20,21)/p-1/t13-,17+/m0/s1. The third kappa shape index (κ3) is 4.46. The summed E-state index contributed by atoms with van der Waals surface area (Å²) in [5, 5.41) is 10.1. The van der Waals surface area contributed by atoms with Crippen LogP contribution in [0.3, 0.4) is 0 Å². The summed E-state index contributed by atoms with van der Waals surface area (Å²) in [7, 11) is 0. The molecule has 0 saturated heterocycles. The minimum Gasteiger partial charge on any atom is -0.549 e. The molecule has 0 heterocycles. The summed E-state index contributed by atoms with van der Waals surface area (Å²) in [5.74, 6) is -1.11. The van der Waals surface area contributed by atoms with Gasteiger partial charge in [-0.3, -0.25) is 4.79 Å². The van der Waals surface area contributed by atoms with E-state index in [4.69, 9.17) is 0 Å². The van der Waals surface area contributed by atoms with Gasteiger partial charge in [0.25, 0.3) is 0 Å². The second kappa shape index (κ2) is 7.80. The van der Waals surface area contributed by atoms with Crippen LogP contribution in [0.4, 0.5) is 0 Å². The Morgan fingerprint density at radius 2 is 1.55 bits per heavy atom. The summed E-state index contributed by atoms with van der Waals surface area (Å²) in [5.41, 5.74) is 1.59. The van der Waals surface area contributed by atoms with Crippen LogP contribution >= 0.6 is 11.8 Å². The van der Waals surface area contributed by atoms with Crippen LogP contribution in [0.2, 0.25) is 0 Å². The summed E-state index contributed by atoms with van der Waals surface area (Å²) in [4.78, 5) is 23.4. The zero-order valence-corrected chi connectivity index (χ0v) is 13.1. The lowest BCUT2D eigenvalue weighted by Crippen LogP contribution is -2.32. The van der Waals surface area contributed by atoms with Crippen molar-refractivity contribution in [2.45, 2.75) is 23.8 Å². The molecule has 22 heavy (non-hydrogen) atoms. The van der Waals surface area contributed by atoms with Crippen LogP contribution in [0.15, 0.2) is 60.7 Å². The van der Waals surface area contributed by atoms with Gasteiger partial charge in [0.05, 0.1) is 5.97 Å². The number of hydrogen-bond donors (Lipinski definition) is 0. The first-order valence-electron chi connectivity index (χ1n) is 7.07. The zero-order chi connectivity index (χ0) is 15.9. The quantitative estimate of drug-likeness (QED) is 0.738. The molecule has 0 aromatic heterocycles. The van der Waals surface area contributed by atoms with E-state index in [-0.39, 0.29) is 17.5 Å². The number of ketones is 1. The van der Waals surface area contributed by atoms with Gasteiger partial charge in [0, 0.05) is 22.5 Å². The van der Waals surface area contributed by atoms with Crippen molar-refractivity contribution in [3.63, 3.8) is 0 Å². The summed E-state index contributed by atoms with van der Waals surface area (Å²) >= 11 is 1.25. The van der Waals surface area contributed by atoms with Crippen molar-refractivity contribution < 1.29 is 14.7 Å². The molecule has 2 atom stereocenters. The first-order chi connectivity index (χ1) is 10.6. The summed E-state index contributed by atoms with van der Waals surface area (Å²) in [6.07, 6.45) is 0.260. The van der Waals surface area contributed by atoms with Crippen LogP contribution in [0.5, 0.6) is 0 Å². The van der Waals surface area contributed by atoms with Crippen molar-refractivity contribution in [1.82, 2.24) is 0 Å². The maximum atomic E-state index is 12.4. The average molecular weight is 313 g/mol. The van der Waals surface area contributed by atoms with E-state index in [2.05, 4.69) is 0 Å². The fraction of sp³-hybridized carbons (Fsp3) is 0.222. The molecule has 3 nitrogen and oxygen atoms in total. The van der Waals surface area contributed by atoms with Crippen molar-refractivity contribution in [2.24, 2.45) is 0 Å². The second-order valence-corrected chi connectivity index (χ2v) is 6.54. The van der Waals surface area contributed by atoms with Gasteiger partial charge in [-0.05, 0) is 12.5 Å². The van der Waals surface area contributed by atoms with Gasteiger partial charge in [-0.1, -0.05) is 60.7 Å². The largest absolute Gasteiger partial charge is 0.549 e. The van der Waals surface area contributed by atoms with Gasteiger partial charge < -0.3 is 9.90 Å². The van der Waals surface area contributed by atoms with Gasteiger partial charge in [0.1, 0.15) is 0 Å². The van der Waals surface area contributed by atoms with Gasteiger partial charge in [-0.25, -0.2) is 0 Å². The minimum absolute atomic E-state index is 0.00695. The molecule has 0 unspecified atom stereocenters. The highest BCUT2D eigenvalue weighted by molar-refractivity contribution is 8.00. The molecule has 2 aromatic rings. The van der Waals surface area contributed by atoms with E-state index >= 15 is 0 Å². The maximum Gasteiger partial charge on any atom is 0.164 e. The highest BCUT2D eigenvalue weighted by atomic mass is 32.2. The molecule has 0 aliphatic carbocycles. The van der Waals surface area contributed by atoms with Gasteiger partial charge in [-0.2, -0.15) is 0 Å². The number of thioether (sulfide) groups is 1. The first kappa shape index (κ1) is 16.3. The number of carboxylic acids is 1. The molecule has 0 saturated carbocycles. The Kier molecular flexibility index (Phi) is 5.78. The fourth-order valence-corrected chi connectivity index (χ4v) is 3.29. The topological polar surface area (TPSA) is 57.2 Å². The molecular weight excluding hydrogens is 296 g/mol. The van der Waals surface area contributed by atoms with Crippen LogP contribution in [-0.4, -0.2) is 17.0 Å². The van der Waals surface area contributed by atoms with Gasteiger partial charge in [0.2, 0.25) is 0 Å². The first-order valence-corrected chi connectivity index (χ1v) is 8.01. The Bertz CT molecular complexity index is 625. The second-order valence-electron chi connectivity index (χ2n) is 4.99. The predicted molar refractivity (Wildman–Crippen MR) is 86.6 cm³/mol.